The van der Waals surface area contributed by atoms with Gasteiger partial charge < -0.3 is 9.32 Å². The summed E-state index contributed by atoms with van der Waals surface area (Å²) >= 11 is 1.86. The van der Waals surface area contributed by atoms with E-state index in [0.29, 0.717) is 0 Å². The van der Waals surface area contributed by atoms with Crippen molar-refractivity contribution >= 4 is 70.5 Å². The molecular weight excluding hydrogens is 723 g/mol. The molecule has 0 N–H and O–H groups in total. The summed E-state index contributed by atoms with van der Waals surface area (Å²) in [5.74, 6) is 0. The Hall–Kier alpha value is -7.20. The zero-order valence-electron chi connectivity index (χ0n) is 31.5. The quantitative estimate of drug-likeness (QED) is 0.168. The van der Waals surface area contributed by atoms with Crippen LogP contribution in [0.3, 0.4) is 0 Å². The van der Waals surface area contributed by atoms with E-state index in [2.05, 4.69) is 217 Å². The zero-order valence-corrected chi connectivity index (χ0v) is 32.3. The minimum atomic E-state index is -0.468. The standard InChI is InChI=1S/C55H35NOS/c1-4-15-38(16-5-1)55(39-17-6-2-7-18-39)48-24-12-10-21-42(48)46-34-47-43-32-29-37(33-51(43)57-52(47)35-49(46)55)36-27-30-41(31-28-36)56(40-19-8-3-9-20-40)50-25-14-23-45-44-22-11-13-26-53(44)58-54(45)50/h1-35H. The Balaban J connectivity index is 0.974. The molecule has 1 aliphatic carbocycles. The molecule has 9 aromatic carbocycles. The SMILES string of the molecule is c1ccc(N(c2ccc(-c3ccc4c(c3)oc3cc5c(cc34)-c3ccccc3C5(c3ccccc3)c3ccccc3)cc2)c2cccc3c2sc2ccccc23)cc1. The molecule has 0 aliphatic heterocycles. The van der Waals surface area contributed by atoms with E-state index in [1.807, 2.05) is 11.3 Å². The average Bonchev–Trinajstić information content (AvgIpc) is 3.95. The maximum absolute atomic E-state index is 6.84. The van der Waals surface area contributed by atoms with Crippen molar-refractivity contribution in [1.29, 1.82) is 0 Å². The predicted octanol–water partition coefficient (Wildman–Crippen LogP) is 15.5. The Bertz CT molecular complexity index is 3290. The Morgan fingerprint density at radius 2 is 1.02 bits per heavy atom. The number of hydrogen-bond acceptors (Lipinski definition) is 3. The highest BCUT2D eigenvalue weighted by atomic mass is 32.1. The third-order valence-electron chi connectivity index (χ3n) is 12.1. The van der Waals surface area contributed by atoms with Crippen molar-refractivity contribution in [2.24, 2.45) is 0 Å². The van der Waals surface area contributed by atoms with Crippen molar-refractivity contribution in [2.75, 3.05) is 4.90 Å². The van der Waals surface area contributed by atoms with Crippen molar-refractivity contribution in [1.82, 2.24) is 0 Å². The fourth-order valence-electron chi connectivity index (χ4n) is 9.61. The van der Waals surface area contributed by atoms with E-state index in [0.717, 1.165) is 44.4 Å². The number of rotatable bonds is 6. The molecule has 3 heteroatoms. The molecule has 2 nitrogen and oxygen atoms in total. The molecule has 0 atom stereocenters. The van der Waals surface area contributed by atoms with Gasteiger partial charge in [-0.2, -0.15) is 0 Å². The van der Waals surface area contributed by atoms with Gasteiger partial charge in [0.05, 0.1) is 15.8 Å². The van der Waals surface area contributed by atoms with Crippen molar-refractivity contribution in [3.8, 4) is 22.3 Å². The smallest absolute Gasteiger partial charge is 0.136 e. The van der Waals surface area contributed by atoms with Crippen LogP contribution >= 0.6 is 11.3 Å². The minimum absolute atomic E-state index is 0.468. The highest BCUT2D eigenvalue weighted by Crippen LogP contribution is 2.57. The second-order valence-corrected chi connectivity index (χ2v) is 16.3. The van der Waals surface area contributed by atoms with Gasteiger partial charge in [-0.05, 0) is 105 Å². The maximum atomic E-state index is 6.84. The zero-order chi connectivity index (χ0) is 38.2. The van der Waals surface area contributed by atoms with Gasteiger partial charge in [0.2, 0.25) is 0 Å². The van der Waals surface area contributed by atoms with Crippen LogP contribution in [0.2, 0.25) is 0 Å². The first kappa shape index (κ1) is 33.0. The monoisotopic (exact) mass is 757 g/mol. The molecule has 0 amide bonds. The van der Waals surface area contributed by atoms with E-state index in [1.165, 1.54) is 59.2 Å². The number of benzene rings is 9. The summed E-state index contributed by atoms with van der Waals surface area (Å²) in [5.41, 5.74) is 14.6. The van der Waals surface area contributed by atoms with Crippen LogP contribution in [0.4, 0.5) is 17.1 Å². The minimum Gasteiger partial charge on any atom is -0.456 e. The van der Waals surface area contributed by atoms with Gasteiger partial charge in [0.15, 0.2) is 0 Å². The summed E-state index contributed by atoms with van der Waals surface area (Å²) in [7, 11) is 0. The maximum Gasteiger partial charge on any atom is 0.136 e. The van der Waals surface area contributed by atoms with E-state index in [1.54, 1.807) is 0 Å². The number of anilines is 3. The largest absolute Gasteiger partial charge is 0.456 e. The molecule has 11 aromatic rings. The van der Waals surface area contributed by atoms with E-state index < -0.39 is 5.41 Å². The predicted molar refractivity (Wildman–Crippen MR) is 244 cm³/mol. The Labute approximate surface area is 340 Å². The van der Waals surface area contributed by atoms with E-state index in [4.69, 9.17) is 4.42 Å². The molecule has 0 saturated heterocycles. The van der Waals surface area contributed by atoms with Crippen molar-refractivity contribution in [2.45, 2.75) is 5.41 Å². The molecule has 2 heterocycles. The number of fused-ring (bicyclic) bond motifs is 9. The van der Waals surface area contributed by atoms with Crippen LogP contribution in [0.1, 0.15) is 22.3 Å². The number of hydrogen-bond donors (Lipinski definition) is 0. The van der Waals surface area contributed by atoms with Crippen LogP contribution in [0.15, 0.2) is 217 Å². The van der Waals surface area contributed by atoms with Gasteiger partial charge in [-0.25, -0.2) is 0 Å². The van der Waals surface area contributed by atoms with Gasteiger partial charge in [0.25, 0.3) is 0 Å². The van der Waals surface area contributed by atoms with Crippen LogP contribution in [0, 0.1) is 0 Å². The summed E-state index contributed by atoms with van der Waals surface area (Å²) in [4.78, 5) is 2.38. The van der Waals surface area contributed by atoms with Crippen molar-refractivity contribution < 1.29 is 4.42 Å². The summed E-state index contributed by atoms with van der Waals surface area (Å²) in [6.45, 7) is 0. The Morgan fingerprint density at radius 3 is 1.79 bits per heavy atom. The average molecular weight is 758 g/mol. The fraction of sp³-hybridized carbons (Fsp3) is 0.0182. The lowest BCUT2D eigenvalue weighted by Crippen LogP contribution is -2.28. The molecular formula is C55H35NOS. The van der Waals surface area contributed by atoms with Crippen LogP contribution in [0.25, 0.3) is 64.4 Å². The topological polar surface area (TPSA) is 16.4 Å². The lowest BCUT2D eigenvalue weighted by atomic mass is 9.67. The van der Waals surface area contributed by atoms with E-state index in [-0.39, 0.29) is 0 Å². The summed E-state index contributed by atoms with van der Waals surface area (Å²) in [5, 5.41) is 4.85. The summed E-state index contributed by atoms with van der Waals surface area (Å²) in [6.07, 6.45) is 0. The molecule has 0 saturated carbocycles. The van der Waals surface area contributed by atoms with Crippen molar-refractivity contribution in [3.05, 3.63) is 235 Å². The normalized spacial score (nSPS) is 13.0. The van der Waals surface area contributed by atoms with E-state index in [9.17, 15) is 0 Å². The molecule has 272 valence electrons. The highest BCUT2D eigenvalue weighted by Gasteiger charge is 2.46. The van der Waals surface area contributed by atoms with Crippen LogP contribution in [0.5, 0.6) is 0 Å². The van der Waals surface area contributed by atoms with Gasteiger partial charge in [-0.3, -0.25) is 0 Å². The molecule has 58 heavy (non-hydrogen) atoms. The Morgan fingerprint density at radius 1 is 0.397 bits per heavy atom. The first-order chi connectivity index (χ1) is 28.8. The molecule has 1 aliphatic rings. The lowest BCUT2D eigenvalue weighted by molar-refractivity contribution is 0.666. The third-order valence-corrected chi connectivity index (χ3v) is 13.4. The highest BCUT2D eigenvalue weighted by molar-refractivity contribution is 7.26. The fourth-order valence-corrected chi connectivity index (χ4v) is 10.8. The number of nitrogens with zero attached hydrogens (tertiary/aromatic N) is 1. The van der Waals surface area contributed by atoms with Gasteiger partial charge >= 0.3 is 0 Å². The van der Waals surface area contributed by atoms with Crippen LogP contribution in [-0.4, -0.2) is 0 Å². The van der Waals surface area contributed by atoms with Gasteiger partial charge in [-0.15, -0.1) is 11.3 Å². The van der Waals surface area contributed by atoms with Crippen LogP contribution < -0.4 is 4.90 Å². The molecule has 12 rings (SSSR count). The third kappa shape index (κ3) is 4.84. The molecule has 0 unspecified atom stereocenters. The molecule has 0 fully saturated rings. The van der Waals surface area contributed by atoms with Crippen LogP contribution in [-0.2, 0) is 5.41 Å². The van der Waals surface area contributed by atoms with Crippen molar-refractivity contribution in [3.63, 3.8) is 0 Å². The molecule has 0 radical (unpaired) electrons. The van der Waals surface area contributed by atoms with Gasteiger partial charge in [0, 0.05) is 37.6 Å². The lowest BCUT2D eigenvalue weighted by Gasteiger charge is -2.33. The van der Waals surface area contributed by atoms with Gasteiger partial charge in [-0.1, -0.05) is 152 Å². The Kier molecular flexibility index (Phi) is 7.35. The van der Waals surface area contributed by atoms with E-state index >= 15 is 0 Å². The second kappa shape index (κ2) is 12.9. The summed E-state index contributed by atoms with van der Waals surface area (Å²) in [6, 6.07) is 77.2. The van der Waals surface area contributed by atoms with Gasteiger partial charge in [0.1, 0.15) is 11.2 Å². The molecule has 2 aromatic heterocycles. The molecule has 0 bridgehead atoms. The number of furan rings is 1. The summed E-state index contributed by atoms with van der Waals surface area (Å²) < 4.78 is 9.43. The second-order valence-electron chi connectivity index (χ2n) is 15.2. The first-order valence-corrected chi connectivity index (χ1v) is 20.6. The number of thiophene rings is 1. The number of para-hydroxylation sites is 1. The molecule has 0 spiro atoms. The first-order valence-electron chi connectivity index (χ1n) is 19.8.